The van der Waals surface area contributed by atoms with Gasteiger partial charge < -0.3 is 29.0 Å². The van der Waals surface area contributed by atoms with Crippen molar-refractivity contribution in [2.24, 2.45) is 0 Å². The molecule has 37 heavy (non-hydrogen) atoms. The standard InChI is InChI=1S/C29H27FN2O5/c1-35-22-9-5-19(6-10-22)17-37-28-25-24(16-32(11-12-33)29(25)34)27(36-2)23-14-20(15-31-26(23)28)13-18-3-7-21(30)8-4-18/h3-10,14-16,33-34H,11-13,17H2,1-2H3. The number of hydrogen-bond donors (Lipinski definition) is 2. The lowest BCUT2D eigenvalue weighted by Crippen LogP contribution is -2.00. The van der Waals surface area contributed by atoms with E-state index in [1.807, 2.05) is 30.3 Å². The third-order valence-electron chi connectivity index (χ3n) is 6.33. The van der Waals surface area contributed by atoms with Crippen LogP contribution in [0.1, 0.15) is 16.7 Å². The minimum absolute atomic E-state index is 0.0360. The van der Waals surface area contributed by atoms with Gasteiger partial charge in [0.1, 0.15) is 29.4 Å². The van der Waals surface area contributed by atoms with Crippen molar-refractivity contribution in [3.05, 3.63) is 89.5 Å². The van der Waals surface area contributed by atoms with Gasteiger partial charge in [-0.2, -0.15) is 0 Å². The van der Waals surface area contributed by atoms with Crippen molar-refractivity contribution in [2.45, 2.75) is 19.6 Å². The van der Waals surface area contributed by atoms with Crippen molar-refractivity contribution >= 4 is 21.7 Å². The Balaban J connectivity index is 1.64. The number of benzene rings is 3. The van der Waals surface area contributed by atoms with Gasteiger partial charge in [0.25, 0.3) is 0 Å². The second-order valence-electron chi connectivity index (χ2n) is 8.70. The number of methoxy groups -OCH3 is 2. The smallest absolute Gasteiger partial charge is 0.203 e. The Hall–Kier alpha value is -4.30. The van der Waals surface area contributed by atoms with Gasteiger partial charge in [0.15, 0.2) is 5.75 Å². The Labute approximate surface area is 213 Å². The number of fused-ring (bicyclic) bond motifs is 2. The molecule has 0 aliphatic carbocycles. The largest absolute Gasteiger partial charge is 0.497 e. The van der Waals surface area contributed by atoms with E-state index < -0.39 is 0 Å². The van der Waals surface area contributed by atoms with Crippen LogP contribution in [0.3, 0.4) is 0 Å². The number of pyridine rings is 1. The van der Waals surface area contributed by atoms with Gasteiger partial charge in [-0.25, -0.2) is 4.39 Å². The summed E-state index contributed by atoms with van der Waals surface area (Å²) in [6, 6.07) is 15.9. The van der Waals surface area contributed by atoms with Gasteiger partial charge in [-0.15, -0.1) is 0 Å². The summed E-state index contributed by atoms with van der Waals surface area (Å²) in [7, 11) is 3.18. The lowest BCUT2D eigenvalue weighted by atomic mass is 10.0. The highest BCUT2D eigenvalue weighted by Gasteiger charge is 2.23. The molecule has 0 amide bonds. The second-order valence-corrected chi connectivity index (χ2v) is 8.70. The number of aromatic hydroxyl groups is 1. The van der Waals surface area contributed by atoms with Gasteiger partial charge in [0.2, 0.25) is 5.88 Å². The molecule has 0 fully saturated rings. The summed E-state index contributed by atoms with van der Waals surface area (Å²) in [5, 5.41) is 22.4. The summed E-state index contributed by atoms with van der Waals surface area (Å²) in [4.78, 5) is 4.72. The molecule has 190 valence electrons. The van der Waals surface area contributed by atoms with E-state index >= 15 is 0 Å². The third kappa shape index (κ3) is 4.75. The first-order chi connectivity index (χ1) is 18.0. The van der Waals surface area contributed by atoms with Crippen molar-refractivity contribution in [3.8, 4) is 23.1 Å². The van der Waals surface area contributed by atoms with Gasteiger partial charge in [-0.3, -0.25) is 4.98 Å². The van der Waals surface area contributed by atoms with Crippen molar-refractivity contribution in [3.63, 3.8) is 0 Å². The zero-order valence-corrected chi connectivity index (χ0v) is 20.6. The Morgan fingerprint density at radius 3 is 2.30 bits per heavy atom. The van der Waals surface area contributed by atoms with Crippen molar-refractivity contribution < 1.29 is 28.8 Å². The highest BCUT2D eigenvalue weighted by atomic mass is 19.1. The van der Waals surface area contributed by atoms with Gasteiger partial charge in [-0.05, 0) is 53.4 Å². The minimum Gasteiger partial charge on any atom is -0.497 e. The molecule has 0 bridgehead atoms. The SMILES string of the molecule is COc1ccc(COc2c3ncc(Cc4ccc(F)cc4)cc3c(OC)c3cn(CCO)c(O)c23)cc1. The van der Waals surface area contributed by atoms with Gasteiger partial charge in [0.05, 0.1) is 26.2 Å². The van der Waals surface area contributed by atoms with E-state index in [0.29, 0.717) is 34.2 Å². The number of halogens is 1. The Morgan fingerprint density at radius 2 is 1.62 bits per heavy atom. The first-order valence-corrected chi connectivity index (χ1v) is 11.8. The van der Waals surface area contributed by atoms with Crippen molar-refractivity contribution in [1.29, 1.82) is 0 Å². The maximum absolute atomic E-state index is 13.4. The number of aliphatic hydroxyl groups is 1. The van der Waals surface area contributed by atoms with Crippen molar-refractivity contribution in [2.75, 3.05) is 20.8 Å². The maximum Gasteiger partial charge on any atom is 0.203 e. The predicted molar refractivity (Wildman–Crippen MR) is 139 cm³/mol. The lowest BCUT2D eigenvalue weighted by molar-refractivity contribution is 0.267. The topological polar surface area (TPSA) is 86.0 Å². The molecule has 0 spiro atoms. The van der Waals surface area contributed by atoms with Crippen LogP contribution in [0.15, 0.2) is 67.0 Å². The monoisotopic (exact) mass is 502 g/mol. The molecular weight excluding hydrogens is 475 g/mol. The molecular formula is C29H27FN2O5. The average molecular weight is 503 g/mol. The summed E-state index contributed by atoms with van der Waals surface area (Å²) >= 11 is 0. The lowest BCUT2D eigenvalue weighted by Gasteiger charge is -2.15. The number of nitrogens with zero attached hydrogens (tertiary/aromatic N) is 2. The zero-order chi connectivity index (χ0) is 25.9. The fourth-order valence-electron chi connectivity index (χ4n) is 4.52. The fourth-order valence-corrected chi connectivity index (χ4v) is 4.52. The van der Waals surface area contributed by atoms with E-state index in [2.05, 4.69) is 0 Å². The molecule has 0 radical (unpaired) electrons. The number of hydrogen-bond acceptors (Lipinski definition) is 6. The Kier molecular flexibility index (Phi) is 6.83. The molecule has 8 heteroatoms. The van der Waals surface area contributed by atoms with E-state index in [1.54, 1.807) is 43.3 Å². The molecule has 5 aromatic rings. The number of aliphatic hydroxyl groups excluding tert-OH is 1. The average Bonchev–Trinajstić information content (AvgIpc) is 3.24. The molecule has 0 unspecified atom stereocenters. The fraction of sp³-hybridized carbons (Fsp3) is 0.207. The third-order valence-corrected chi connectivity index (χ3v) is 6.33. The minimum atomic E-state index is -0.282. The second kappa shape index (κ2) is 10.4. The predicted octanol–water partition coefficient (Wildman–Crippen LogP) is 5.21. The van der Waals surface area contributed by atoms with E-state index in [4.69, 9.17) is 19.2 Å². The van der Waals surface area contributed by atoms with E-state index in [0.717, 1.165) is 27.8 Å². The van der Waals surface area contributed by atoms with Crippen LogP contribution in [0.4, 0.5) is 4.39 Å². The summed E-state index contributed by atoms with van der Waals surface area (Å²) < 4.78 is 32.3. The highest BCUT2D eigenvalue weighted by molar-refractivity contribution is 6.12. The summed E-state index contributed by atoms with van der Waals surface area (Å²) in [5.74, 6) is 1.39. The normalized spacial score (nSPS) is 11.2. The van der Waals surface area contributed by atoms with Gasteiger partial charge in [-0.1, -0.05) is 24.3 Å². The summed E-state index contributed by atoms with van der Waals surface area (Å²) in [6.45, 7) is 0.309. The molecule has 2 aromatic heterocycles. The van der Waals surface area contributed by atoms with Crippen LogP contribution in [0.2, 0.25) is 0 Å². The quantitative estimate of drug-likeness (QED) is 0.288. The molecule has 7 nitrogen and oxygen atoms in total. The molecule has 2 N–H and O–H groups in total. The van der Waals surface area contributed by atoms with Gasteiger partial charge in [0, 0.05) is 29.7 Å². The number of rotatable bonds is 9. The van der Waals surface area contributed by atoms with Crippen LogP contribution in [0.25, 0.3) is 21.7 Å². The summed E-state index contributed by atoms with van der Waals surface area (Å²) in [6.07, 6.45) is 4.05. The molecule has 2 heterocycles. The first-order valence-electron chi connectivity index (χ1n) is 11.8. The van der Waals surface area contributed by atoms with Crippen LogP contribution >= 0.6 is 0 Å². The molecule has 5 rings (SSSR count). The highest BCUT2D eigenvalue weighted by Crippen LogP contribution is 2.47. The van der Waals surface area contributed by atoms with E-state index in [9.17, 15) is 14.6 Å². The van der Waals surface area contributed by atoms with Crippen LogP contribution in [-0.4, -0.2) is 40.6 Å². The number of ether oxygens (including phenoxy) is 3. The Bertz CT molecular complexity index is 1550. The maximum atomic E-state index is 13.4. The number of aromatic nitrogens is 2. The van der Waals surface area contributed by atoms with Crippen LogP contribution in [0.5, 0.6) is 23.1 Å². The van der Waals surface area contributed by atoms with Crippen LogP contribution in [-0.2, 0) is 19.6 Å². The van der Waals surface area contributed by atoms with Crippen LogP contribution in [0, 0.1) is 5.82 Å². The molecule has 0 aliphatic rings. The molecule has 0 aliphatic heterocycles. The molecule has 0 atom stereocenters. The summed E-state index contributed by atoms with van der Waals surface area (Å²) in [5.41, 5.74) is 3.32. The molecule has 3 aromatic carbocycles. The van der Waals surface area contributed by atoms with Crippen LogP contribution < -0.4 is 14.2 Å². The van der Waals surface area contributed by atoms with E-state index in [1.165, 1.54) is 12.1 Å². The zero-order valence-electron chi connectivity index (χ0n) is 20.6. The molecule has 0 saturated heterocycles. The Morgan fingerprint density at radius 1 is 0.892 bits per heavy atom. The molecule has 0 saturated carbocycles. The van der Waals surface area contributed by atoms with E-state index in [-0.39, 0.29) is 31.5 Å². The van der Waals surface area contributed by atoms with Gasteiger partial charge >= 0.3 is 0 Å². The first kappa shape index (κ1) is 24.4. The van der Waals surface area contributed by atoms with Crippen molar-refractivity contribution in [1.82, 2.24) is 9.55 Å².